The number of ether oxygens (including phenoxy) is 2. The fraction of sp³-hybridized carbons (Fsp3) is 0.647. The van der Waals surface area contributed by atoms with Crippen molar-refractivity contribution in [1.82, 2.24) is 4.90 Å². The van der Waals surface area contributed by atoms with Gasteiger partial charge in [-0.15, -0.1) is 0 Å². The number of hydrogen-bond donors (Lipinski definition) is 1. The molecule has 0 amide bonds. The largest absolute Gasteiger partial charge is 0.497 e. The molecular formula is C17H27NO3. The smallest absolute Gasteiger partial charge is 0.128 e. The van der Waals surface area contributed by atoms with Gasteiger partial charge >= 0.3 is 0 Å². The van der Waals surface area contributed by atoms with Crippen LogP contribution in [0.1, 0.15) is 44.3 Å². The van der Waals surface area contributed by atoms with Crippen molar-refractivity contribution < 1.29 is 14.6 Å². The van der Waals surface area contributed by atoms with E-state index in [2.05, 4.69) is 11.8 Å². The van der Waals surface area contributed by atoms with E-state index in [4.69, 9.17) is 9.47 Å². The SMILES string of the molecule is CCN(CC(O)c1ccc(OC)cc1OC)C1CCCC1. The van der Waals surface area contributed by atoms with Gasteiger partial charge in [0.2, 0.25) is 0 Å². The van der Waals surface area contributed by atoms with Crippen LogP contribution in [0.5, 0.6) is 11.5 Å². The summed E-state index contributed by atoms with van der Waals surface area (Å²) in [5.41, 5.74) is 0.828. The maximum atomic E-state index is 10.6. The average molecular weight is 293 g/mol. The molecule has 0 aromatic heterocycles. The minimum atomic E-state index is -0.536. The Kier molecular flexibility index (Phi) is 5.88. The lowest BCUT2D eigenvalue weighted by Gasteiger charge is -2.30. The van der Waals surface area contributed by atoms with Crippen molar-refractivity contribution in [3.05, 3.63) is 23.8 Å². The minimum Gasteiger partial charge on any atom is -0.497 e. The van der Waals surface area contributed by atoms with Gasteiger partial charge in [0.15, 0.2) is 0 Å². The van der Waals surface area contributed by atoms with E-state index in [-0.39, 0.29) is 0 Å². The van der Waals surface area contributed by atoms with Crippen LogP contribution in [-0.4, -0.2) is 43.4 Å². The number of rotatable bonds is 7. The average Bonchev–Trinajstić information content (AvgIpc) is 3.05. The molecule has 21 heavy (non-hydrogen) atoms. The van der Waals surface area contributed by atoms with E-state index in [1.807, 2.05) is 18.2 Å². The van der Waals surface area contributed by atoms with E-state index in [0.29, 0.717) is 18.3 Å². The summed E-state index contributed by atoms with van der Waals surface area (Å²) in [5.74, 6) is 1.43. The van der Waals surface area contributed by atoms with Gasteiger partial charge in [0.25, 0.3) is 0 Å². The van der Waals surface area contributed by atoms with Gasteiger partial charge < -0.3 is 14.6 Å². The maximum absolute atomic E-state index is 10.6. The molecule has 1 fully saturated rings. The highest BCUT2D eigenvalue weighted by molar-refractivity contribution is 5.42. The van der Waals surface area contributed by atoms with E-state index < -0.39 is 6.10 Å². The first kappa shape index (κ1) is 16.1. The Morgan fingerprint density at radius 1 is 1.24 bits per heavy atom. The summed E-state index contributed by atoms with van der Waals surface area (Å²) in [5, 5.41) is 10.6. The van der Waals surface area contributed by atoms with Gasteiger partial charge in [0, 0.05) is 24.2 Å². The third kappa shape index (κ3) is 3.89. The van der Waals surface area contributed by atoms with E-state index in [1.54, 1.807) is 14.2 Å². The highest BCUT2D eigenvalue weighted by atomic mass is 16.5. The third-order valence-corrected chi connectivity index (χ3v) is 4.45. The second-order valence-electron chi connectivity index (χ2n) is 5.65. The Hall–Kier alpha value is -1.26. The lowest BCUT2D eigenvalue weighted by Crippen LogP contribution is -2.36. The van der Waals surface area contributed by atoms with Crippen molar-refractivity contribution in [2.45, 2.75) is 44.8 Å². The van der Waals surface area contributed by atoms with Gasteiger partial charge in [-0.1, -0.05) is 19.8 Å². The third-order valence-electron chi connectivity index (χ3n) is 4.45. The number of nitrogens with zero attached hydrogens (tertiary/aromatic N) is 1. The van der Waals surface area contributed by atoms with E-state index in [9.17, 15) is 5.11 Å². The number of likely N-dealkylation sites (N-methyl/N-ethyl adjacent to an activating group) is 1. The number of aliphatic hydroxyl groups excluding tert-OH is 1. The second kappa shape index (κ2) is 7.66. The van der Waals surface area contributed by atoms with Gasteiger partial charge in [-0.05, 0) is 31.5 Å². The number of aliphatic hydroxyl groups is 1. The van der Waals surface area contributed by atoms with Gasteiger partial charge in [-0.25, -0.2) is 0 Å². The summed E-state index contributed by atoms with van der Waals surface area (Å²) >= 11 is 0. The monoisotopic (exact) mass is 293 g/mol. The number of methoxy groups -OCH3 is 2. The van der Waals surface area contributed by atoms with Crippen molar-refractivity contribution in [2.24, 2.45) is 0 Å². The van der Waals surface area contributed by atoms with Crippen LogP contribution in [0.25, 0.3) is 0 Å². The normalized spacial score (nSPS) is 17.2. The van der Waals surface area contributed by atoms with Gasteiger partial charge in [-0.3, -0.25) is 4.90 Å². The molecule has 0 aliphatic heterocycles. The van der Waals surface area contributed by atoms with E-state index in [1.165, 1.54) is 25.7 Å². The Balaban J connectivity index is 2.09. The number of benzene rings is 1. The zero-order valence-electron chi connectivity index (χ0n) is 13.3. The zero-order valence-corrected chi connectivity index (χ0v) is 13.3. The molecular weight excluding hydrogens is 266 g/mol. The molecule has 1 aromatic carbocycles. The maximum Gasteiger partial charge on any atom is 0.128 e. The lowest BCUT2D eigenvalue weighted by molar-refractivity contribution is 0.0895. The van der Waals surface area contributed by atoms with Gasteiger partial charge in [-0.2, -0.15) is 0 Å². The molecule has 1 saturated carbocycles. The molecule has 0 heterocycles. The Labute approximate surface area is 127 Å². The van der Waals surface area contributed by atoms with Gasteiger partial charge in [0.1, 0.15) is 11.5 Å². The molecule has 1 aromatic rings. The number of hydrogen-bond acceptors (Lipinski definition) is 4. The molecule has 1 aliphatic carbocycles. The molecule has 1 unspecified atom stereocenters. The molecule has 1 atom stereocenters. The molecule has 4 nitrogen and oxygen atoms in total. The minimum absolute atomic E-state index is 0.536. The molecule has 1 N–H and O–H groups in total. The van der Waals surface area contributed by atoms with Gasteiger partial charge in [0.05, 0.1) is 20.3 Å². The topological polar surface area (TPSA) is 41.9 Å². The quantitative estimate of drug-likeness (QED) is 0.839. The molecule has 1 aliphatic rings. The Morgan fingerprint density at radius 2 is 1.95 bits per heavy atom. The molecule has 4 heteroatoms. The molecule has 118 valence electrons. The molecule has 0 spiro atoms. The van der Waals surface area contributed by atoms with Crippen LogP contribution in [0, 0.1) is 0 Å². The summed E-state index contributed by atoms with van der Waals surface area (Å²) in [6.07, 6.45) is 4.58. The summed E-state index contributed by atoms with van der Waals surface area (Å²) < 4.78 is 10.6. The summed E-state index contributed by atoms with van der Waals surface area (Å²) in [7, 11) is 3.25. The lowest BCUT2D eigenvalue weighted by atomic mass is 10.1. The van der Waals surface area contributed by atoms with Crippen LogP contribution in [0.15, 0.2) is 18.2 Å². The molecule has 2 rings (SSSR count). The molecule has 0 saturated heterocycles. The van der Waals surface area contributed by atoms with Crippen LogP contribution < -0.4 is 9.47 Å². The standard InChI is InChI=1S/C17H27NO3/c1-4-18(13-7-5-6-8-13)12-16(19)15-10-9-14(20-2)11-17(15)21-3/h9-11,13,16,19H,4-8,12H2,1-3H3. The van der Waals surface area contributed by atoms with Crippen LogP contribution >= 0.6 is 0 Å². The molecule has 0 bridgehead atoms. The van der Waals surface area contributed by atoms with Crippen LogP contribution in [0.3, 0.4) is 0 Å². The first-order valence-electron chi connectivity index (χ1n) is 7.83. The van der Waals surface area contributed by atoms with Crippen molar-refractivity contribution in [3.63, 3.8) is 0 Å². The van der Waals surface area contributed by atoms with Crippen LogP contribution in [0.4, 0.5) is 0 Å². The highest BCUT2D eigenvalue weighted by Gasteiger charge is 2.24. The highest BCUT2D eigenvalue weighted by Crippen LogP contribution is 2.31. The first-order chi connectivity index (χ1) is 10.2. The molecule has 0 radical (unpaired) electrons. The second-order valence-corrected chi connectivity index (χ2v) is 5.65. The van der Waals surface area contributed by atoms with Crippen molar-refractivity contribution in [1.29, 1.82) is 0 Å². The summed E-state index contributed by atoms with van der Waals surface area (Å²) in [4.78, 5) is 2.39. The van der Waals surface area contributed by atoms with E-state index >= 15 is 0 Å². The van der Waals surface area contributed by atoms with Crippen molar-refractivity contribution in [2.75, 3.05) is 27.3 Å². The predicted molar refractivity (Wildman–Crippen MR) is 84.0 cm³/mol. The predicted octanol–water partition coefficient (Wildman–Crippen LogP) is 3.00. The zero-order chi connectivity index (χ0) is 15.2. The summed E-state index contributed by atoms with van der Waals surface area (Å²) in [6.45, 7) is 3.79. The fourth-order valence-corrected chi connectivity index (χ4v) is 3.22. The van der Waals surface area contributed by atoms with E-state index in [0.717, 1.165) is 17.9 Å². The van der Waals surface area contributed by atoms with Crippen molar-refractivity contribution in [3.8, 4) is 11.5 Å². The fourth-order valence-electron chi connectivity index (χ4n) is 3.22. The van der Waals surface area contributed by atoms with Crippen LogP contribution in [0.2, 0.25) is 0 Å². The van der Waals surface area contributed by atoms with Crippen LogP contribution in [-0.2, 0) is 0 Å². The Bertz CT molecular complexity index is 444. The summed E-state index contributed by atoms with van der Waals surface area (Å²) in [6, 6.07) is 6.20. The van der Waals surface area contributed by atoms with Crippen molar-refractivity contribution >= 4 is 0 Å². The Morgan fingerprint density at radius 3 is 2.52 bits per heavy atom. The first-order valence-corrected chi connectivity index (χ1v) is 7.83.